The van der Waals surface area contributed by atoms with E-state index in [-0.39, 0.29) is 34.8 Å². The van der Waals surface area contributed by atoms with Crippen LogP contribution in [0.5, 0.6) is 6.01 Å². The van der Waals surface area contributed by atoms with Crippen molar-refractivity contribution in [3.05, 3.63) is 22.6 Å². The van der Waals surface area contributed by atoms with E-state index in [9.17, 15) is 9.90 Å². The van der Waals surface area contributed by atoms with Gasteiger partial charge in [0.25, 0.3) is 5.56 Å². The Labute approximate surface area is 209 Å². The van der Waals surface area contributed by atoms with Gasteiger partial charge in [0, 0.05) is 19.4 Å². The summed E-state index contributed by atoms with van der Waals surface area (Å²) < 4.78 is 40.8. The number of aliphatic hydroxyl groups is 1. The Kier molecular flexibility index (Phi) is 7.17. The first kappa shape index (κ1) is 26.9. The van der Waals surface area contributed by atoms with E-state index in [0.29, 0.717) is 0 Å². The van der Waals surface area contributed by atoms with E-state index in [1.807, 2.05) is 0 Å². The first-order valence-corrected chi connectivity index (χ1v) is 16.5. The number of rotatable bonds is 6. The lowest BCUT2D eigenvalue weighted by Crippen LogP contribution is -2.66. The monoisotopic (exact) mass is 528 g/mol. The lowest BCUT2D eigenvalue weighted by atomic mass is 10.0. The molecular weight excluding hydrogens is 488 g/mol. The summed E-state index contributed by atoms with van der Waals surface area (Å²) in [6.07, 6.45) is -1.88. The minimum absolute atomic E-state index is 0.0546. The third-order valence-corrected chi connectivity index (χ3v) is 18.0. The van der Waals surface area contributed by atoms with Gasteiger partial charge in [-0.2, -0.15) is 4.98 Å². The highest BCUT2D eigenvalue weighted by molar-refractivity contribution is 6.84. The van der Waals surface area contributed by atoms with Crippen LogP contribution in [0, 0.1) is 0 Å². The van der Waals surface area contributed by atoms with E-state index >= 15 is 0 Å². The third-order valence-electron chi connectivity index (χ3n) is 7.71. The zero-order chi connectivity index (χ0) is 25.9. The lowest BCUT2D eigenvalue weighted by Gasteiger charge is -2.51. The Morgan fingerprint density at radius 1 is 1.09 bits per heavy atom. The fourth-order valence-electron chi connectivity index (χ4n) is 5.89. The third kappa shape index (κ3) is 3.88. The van der Waals surface area contributed by atoms with Crippen molar-refractivity contribution in [3.8, 4) is 6.01 Å². The summed E-state index contributed by atoms with van der Waals surface area (Å²) >= 11 is 0. The summed E-state index contributed by atoms with van der Waals surface area (Å²) in [5.74, 6) is 0. The van der Waals surface area contributed by atoms with Crippen molar-refractivity contribution in [2.75, 3.05) is 13.7 Å². The molecule has 2 saturated heterocycles. The van der Waals surface area contributed by atoms with Gasteiger partial charge in [-0.05, 0) is 22.2 Å². The summed E-state index contributed by atoms with van der Waals surface area (Å²) in [5.41, 5.74) is -1.33. The maximum absolute atomic E-state index is 12.0. The number of methoxy groups -OCH3 is 1. The Morgan fingerprint density at radius 2 is 1.69 bits per heavy atom. The van der Waals surface area contributed by atoms with Crippen molar-refractivity contribution >= 4 is 17.1 Å². The standard InChI is InChI=1S/C23H40N2O8Si2/c1-13(2)34(14(3)4)29-12-17-19(32-35(33-34,15(5)6)16(7)8)20-23(31-17,21(27)28-9)25-11-10-18(26)24-22(25)30-20/h10-11,13-17,19-21,27H,12H2,1-9H3/t17-,19+,20+,21+,23-/m1/s1. The van der Waals surface area contributed by atoms with Crippen LogP contribution in [0.25, 0.3) is 0 Å². The van der Waals surface area contributed by atoms with Crippen molar-refractivity contribution in [1.82, 2.24) is 9.55 Å². The number of aromatic nitrogens is 2. The largest absolute Gasteiger partial charge is 0.453 e. The van der Waals surface area contributed by atoms with Gasteiger partial charge in [-0.15, -0.1) is 0 Å². The molecule has 0 amide bonds. The zero-order valence-corrected chi connectivity index (χ0v) is 24.2. The molecule has 0 aromatic carbocycles. The molecule has 1 aromatic rings. The molecule has 0 radical (unpaired) electrons. The molecule has 0 aliphatic carbocycles. The van der Waals surface area contributed by atoms with Gasteiger partial charge in [0.05, 0.1) is 6.61 Å². The van der Waals surface area contributed by atoms with E-state index in [2.05, 4.69) is 60.4 Å². The molecular formula is C23H40N2O8Si2. The van der Waals surface area contributed by atoms with E-state index < -0.39 is 53.0 Å². The Hall–Kier alpha value is -1.13. The number of ether oxygens (including phenoxy) is 3. The second-order valence-electron chi connectivity index (χ2n) is 11.0. The van der Waals surface area contributed by atoms with Gasteiger partial charge < -0.3 is 32.3 Å². The molecule has 3 aliphatic heterocycles. The van der Waals surface area contributed by atoms with Crippen LogP contribution in [0.4, 0.5) is 0 Å². The smallest absolute Gasteiger partial charge is 0.335 e. The topological polar surface area (TPSA) is 111 Å². The summed E-state index contributed by atoms with van der Waals surface area (Å²) in [7, 11) is -4.32. The Bertz CT molecular complexity index is 971. The van der Waals surface area contributed by atoms with Crippen molar-refractivity contribution in [2.45, 2.75) is 108 Å². The number of aliphatic hydroxyl groups excluding tert-OH is 1. The van der Waals surface area contributed by atoms with E-state index in [1.54, 1.807) is 0 Å². The molecule has 5 atom stereocenters. The molecule has 1 aromatic heterocycles. The second-order valence-corrected chi connectivity index (χ2v) is 19.9. The van der Waals surface area contributed by atoms with E-state index in [0.717, 1.165) is 0 Å². The SMILES string of the molecule is CO[C@H](O)[C@]12O[C@@H]3CO[Si](C(C)C)(C(C)C)O[Si](C(C)C)(C(C)C)O[C@@H]3[C@@H]1Oc1nc(=O)ccn12. The maximum Gasteiger partial charge on any atom is 0.335 e. The van der Waals surface area contributed by atoms with Gasteiger partial charge in [-0.1, -0.05) is 55.4 Å². The van der Waals surface area contributed by atoms with E-state index in [4.69, 9.17) is 27.2 Å². The van der Waals surface area contributed by atoms with Crippen molar-refractivity contribution in [1.29, 1.82) is 0 Å². The fourth-order valence-corrected chi connectivity index (χ4v) is 17.1. The summed E-state index contributed by atoms with van der Waals surface area (Å²) in [4.78, 5) is 16.0. The molecule has 10 nitrogen and oxygen atoms in total. The van der Waals surface area contributed by atoms with Crippen LogP contribution in [-0.4, -0.2) is 70.1 Å². The quantitative estimate of drug-likeness (QED) is 0.440. The minimum Gasteiger partial charge on any atom is -0.453 e. The van der Waals surface area contributed by atoms with Crippen LogP contribution in [0.1, 0.15) is 55.4 Å². The zero-order valence-electron chi connectivity index (χ0n) is 22.2. The maximum atomic E-state index is 12.0. The first-order chi connectivity index (χ1) is 16.4. The molecule has 1 N–H and O–H groups in total. The molecule has 0 saturated carbocycles. The lowest BCUT2D eigenvalue weighted by molar-refractivity contribution is -0.263. The van der Waals surface area contributed by atoms with E-state index in [1.165, 1.54) is 23.9 Å². The molecule has 0 spiro atoms. The summed E-state index contributed by atoms with van der Waals surface area (Å²) in [6, 6.07) is 1.36. The number of fused-ring (bicyclic) bond motifs is 5. The number of nitrogens with zero attached hydrogens (tertiary/aromatic N) is 2. The van der Waals surface area contributed by atoms with Gasteiger partial charge in [0.1, 0.15) is 12.2 Å². The minimum atomic E-state index is -2.96. The van der Waals surface area contributed by atoms with Gasteiger partial charge >= 0.3 is 23.1 Å². The Morgan fingerprint density at radius 3 is 2.23 bits per heavy atom. The van der Waals surface area contributed by atoms with Crippen LogP contribution in [0.2, 0.25) is 22.2 Å². The highest BCUT2D eigenvalue weighted by Crippen LogP contribution is 2.53. The van der Waals surface area contributed by atoms with Crippen LogP contribution < -0.4 is 10.3 Å². The van der Waals surface area contributed by atoms with Crippen LogP contribution in [0.15, 0.2) is 17.1 Å². The van der Waals surface area contributed by atoms with Crippen LogP contribution in [0.3, 0.4) is 0 Å². The second kappa shape index (κ2) is 9.32. The summed E-state index contributed by atoms with van der Waals surface area (Å²) in [6.45, 7) is 17.4. The normalized spacial score (nSPS) is 32.2. The van der Waals surface area contributed by atoms with Crippen molar-refractivity contribution in [2.24, 2.45) is 0 Å². The highest BCUT2D eigenvalue weighted by Gasteiger charge is 2.70. The van der Waals surface area contributed by atoms with Crippen molar-refractivity contribution < 1.29 is 32.3 Å². The van der Waals surface area contributed by atoms with Gasteiger partial charge in [0.2, 0.25) is 12.0 Å². The van der Waals surface area contributed by atoms with Crippen molar-refractivity contribution in [3.63, 3.8) is 0 Å². The molecule has 4 heterocycles. The average molecular weight is 529 g/mol. The first-order valence-electron chi connectivity index (χ1n) is 12.5. The molecule has 12 heteroatoms. The van der Waals surface area contributed by atoms with Crippen LogP contribution in [-0.2, 0) is 28.2 Å². The number of hydrogen-bond acceptors (Lipinski definition) is 9. The number of hydrogen-bond donors (Lipinski definition) is 1. The molecule has 35 heavy (non-hydrogen) atoms. The fraction of sp³-hybridized carbons (Fsp3) is 0.826. The average Bonchev–Trinajstić information content (AvgIpc) is 3.23. The molecule has 2 fully saturated rings. The van der Waals surface area contributed by atoms with Gasteiger partial charge in [0.15, 0.2) is 6.10 Å². The van der Waals surface area contributed by atoms with Gasteiger partial charge in [-0.3, -0.25) is 9.36 Å². The van der Waals surface area contributed by atoms with Crippen LogP contribution >= 0.6 is 0 Å². The summed E-state index contributed by atoms with van der Waals surface area (Å²) in [5, 5.41) is 11.1. The van der Waals surface area contributed by atoms with Gasteiger partial charge in [-0.25, -0.2) is 0 Å². The highest BCUT2D eigenvalue weighted by atomic mass is 28.5. The Balaban J connectivity index is 1.87. The predicted molar refractivity (Wildman–Crippen MR) is 133 cm³/mol. The predicted octanol–water partition coefficient (Wildman–Crippen LogP) is 2.98. The molecule has 0 unspecified atom stereocenters. The molecule has 198 valence electrons. The molecule has 0 bridgehead atoms. The molecule has 3 aliphatic rings. The molecule has 4 rings (SSSR count).